The molecule has 1 heterocycles. The van der Waals surface area contributed by atoms with Crippen molar-refractivity contribution in [3.63, 3.8) is 0 Å². The van der Waals surface area contributed by atoms with Gasteiger partial charge in [0.2, 0.25) is 5.75 Å². The van der Waals surface area contributed by atoms with Crippen LogP contribution in [0.2, 0.25) is 0 Å². The third-order valence-electron chi connectivity index (χ3n) is 4.69. The van der Waals surface area contributed by atoms with E-state index in [9.17, 15) is 9.90 Å². The van der Waals surface area contributed by atoms with Crippen molar-refractivity contribution in [2.45, 2.75) is 6.10 Å². The summed E-state index contributed by atoms with van der Waals surface area (Å²) in [4.78, 5) is 12.7. The zero-order chi connectivity index (χ0) is 20.3. The summed E-state index contributed by atoms with van der Waals surface area (Å²) in [6.45, 7) is 0.0599. The summed E-state index contributed by atoms with van der Waals surface area (Å²) in [7, 11) is 6.37. The Morgan fingerprint density at radius 1 is 1.07 bits per heavy atom. The van der Waals surface area contributed by atoms with Crippen LogP contribution in [-0.2, 0) is 7.05 Å². The molecule has 1 atom stereocenters. The van der Waals surface area contributed by atoms with Crippen molar-refractivity contribution in [2.75, 3.05) is 27.9 Å². The standard InChI is InChI=1S/C21H24N2O5/c1-23-12-15(13-7-5-6-8-16(13)23)17(24)11-22-21(25)14-9-10-18(26-2)20(28-4)19(14)27-3/h5-10,12,17,24H,11H2,1-4H3,(H,22,25)/t17-/m0/s1. The molecular weight excluding hydrogens is 360 g/mol. The number of amides is 1. The van der Waals surface area contributed by atoms with Crippen molar-refractivity contribution >= 4 is 16.8 Å². The number of hydrogen-bond donors (Lipinski definition) is 2. The van der Waals surface area contributed by atoms with Gasteiger partial charge in [-0.05, 0) is 18.2 Å². The molecule has 0 radical (unpaired) electrons. The molecule has 0 aliphatic rings. The molecule has 0 fully saturated rings. The second kappa shape index (κ2) is 8.22. The van der Waals surface area contributed by atoms with Crippen molar-refractivity contribution in [2.24, 2.45) is 7.05 Å². The van der Waals surface area contributed by atoms with Gasteiger partial charge in [0.1, 0.15) is 0 Å². The number of nitrogens with one attached hydrogen (secondary N) is 1. The summed E-state index contributed by atoms with van der Waals surface area (Å²) in [5, 5.41) is 14.3. The molecule has 0 aliphatic carbocycles. The highest BCUT2D eigenvalue weighted by Crippen LogP contribution is 2.39. The first-order chi connectivity index (χ1) is 13.5. The van der Waals surface area contributed by atoms with E-state index in [4.69, 9.17) is 14.2 Å². The number of aliphatic hydroxyl groups is 1. The zero-order valence-electron chi connectivity index (χ0n) is 16.4. The first kappa shape index (κ1) is 19.6. The number of rotatable bonds is 7. The minimum atomic E-state index is -0.846. The predicted molar refractivity (Wildman–Crippen MR) is 106 cm³/mol. The van der Waals surface area contributed by atoms with E-state index >= 15 is 0 Å². The van der Waals surface area contributed by atoms with Gasteiger partial charge in [-0.1, -0.05) is 18.2 Å². The number of para-hydroxylation sites is 1. The fraction of sp³-hybridized carbons (Fsp3) is 0.286. The van der Waals surface area contributed by atoms with E-state index in [1.54, 1.807) is 12.1 Å². The van der Waals surface area contributed by atoms with Gasteiger partial charge in [0.05, 0.1) is 33.0 Å². The van der Waals surface area contributed by atoms with E-state index < -0.39 is 6.10 Å². The summed E-state index contributed by atoms with van der Waals surface area (Å²) in [6.07, 6.45) is 1.03. The van der Waals surface area contributed by atoms with Gasteiger partial charge in [0.15, 0.2) is 11.5 Å². The molecule has 28 heavy (non-hydrogen) atoms. The van der Waals surface area contributed by atoms with Crippen molar-refractivity contribution in [1.29, 1.82) is 0 Å². The van der Waals surface area contributed by atoms with Crippen LogP contribution in [0.5, 0.6) is 17.2 Å². The Morgan fingerprint density at radius 3 is 2.46 bits per heavy atom. The Hall–Kier alpha value is -3.19. The van der Waals surface area contributed by atoms with Crippen LogP contribution in [0.3, 0.4) is 0 Å². The summed E-state index contributed by atoms with van der Waals surface area (Å²) >= 11 is 0. The highest BCUT2D eigenvalue weighted by atomic mass is 16.5. The minimum Gasteiger partial charge on any atom is -0.493 e. The maximum Gasteiger partial charge on any atom is 0.255 e. The van der Waals surface area contributed by atoms with Gasteiger partial charge >= 0.3 is 0 Å². The van der Waals surface area contributed by atoms with Crippen LogP contribution >= 0.6 is 0 Å². The van der Waals surface area contributed by atoms with Crippen LogP contribution in [0.15, 0.2) is 42.6 Å². The Morgan fingerprint density at radius 2 is 1.79 bits per heavy atom. The molecule has 1 aromatic heterocycles. The first-order valence-corrected chi connectivity index (χ1v) is 8.81. The predicted octanol–water partition coefficient (Wildman–Crippen LogP) is 2.67. The minimum absolute atomic E-state index is 0.0599. The van der Waals surface area contributed by atoms with Crippen LogP contribution < -0.4 is 19.5 Å². The molecule has 0 saturated carbocycles. The van der Waals surface area contributed by atoms with Gasteiger partial charge in [0, 0.05) is 36.3 Å². The van der Waals surface area contributed by atoms with E-state index in [2.05, 4.69) is 5.32 Å². The molecule has 148 valence electrons. The molecule has 2 N–H and O–H groups in total. The molecule has 0 saturated heterocycles. The van der Waals surface area contributed by atoms with Crippen LogP contribution in [-0.4, -0.2) is 43.5 Å². The Labute approximate surface area is 163 Å². The van der Waals surface area contributed by atoms with Crippen molar-refractivity contribution < 1.29 is 24.1 Å². The normalized spacial score (nSPS) is 11.9. The molecule has 7 nitrogen and oxygen atoms in total. The van der Waals surface area contributed by atoms with Gasteiger partial charge < -0.3 is 29.2 Å². The molecule has 1 amide bonds. The molecule has 0 aliphatic heterocycles. The third kappa shape index (κ3) is 3.48. The number of ether oxygens (including phenoxy) is 3. The van der Waals surface area contributed by atoms with Gasteiger partial charge in [0.25, 0.3) is 5.91 Å². The first-order valence-electron chi connectivity index (χ1n) is 8.81. The lowest BCUT2D eigenvalue weighted by Crippen LogP contribution is -2.28. The topological polar surface area (TPSA) is 82.0 Å². The number of aliphatic hydroxyl groups excluding tert-OH is 1. The number of carbonyl (C=O) groups is 1. The lowest BCUT2D eigenvalue weighted by Gasteiger charge is -2.16. The average Bonchev–Trinajstić information content (AvgIpc) is 3.07. The summed E-state index contributed by atoms with van der Waals surface area (Å²) < 4.78 is 17.8. The molecule has 0 unspecified atom stereocenters. The number of fused-ring (bicyclic) bond motifs is 1. The van der Waals surface area contributed by atoms with E-state index in [-0.39, 0.29) is 18.2 Å². The van der Waals surface area contributed by atoms with Gasteiger partial charge in [-0.3, -0.25) is 4.79 Å². The molecule has 0 bridgehead atoms. The number of nitrogens with zero attached hydrogens (tertiary/aromatic N) is 1. The summed E-state index contributed by atoms with van der Waals surface area (Å²) in [5.41, 5.74) is 2.08. The Kier molecular flexibility index (Phi) is 5.75. The van der Waals surface area contributed by atoms with E-state index in [0.717, 1.165) is 16.5 Å². The Balaban J connectivity index is 1.80. The maximum atomic E-state index is 12.7. The maximum absolute atomic E-state index is 12.7. The fourth-order valence-electron chi connectivity index (χ4n) is 3.31. The summed E-state index contributed by atoms with van der Waals surface area (Å²) in [5.74, 6) is 0.704. The molecule has 0 spiro atoms. The highest BCUT2D eigenvalue weighted by molar-refractivity contribution is 5.98. The smallest absolute Gasteiger partial charge is 0.255 e. The monoisotopic (exact) mass is 384 g/mol. The van der Waals surface area contributed by atoms with Crippen LogP contribution in [0, 0.1) is 0 Å². The number of aryl methyl sites for hydroxylation is 1. The van der Waals surface area contributed by atoms with Crippen LogP contribution in [0.1, 0.15) is 22.0 Å². The van der Waals surface area contributed by atoms with E-state index in [1.807, 2.05) is 42.1 Å². The number of carbonyl (C=O) groups excluding carboxylic acids is 1. The zero-order valence-corrected chi connectivity index (χ0v) is 16.4. The van der Waals surface area contributed by atoms with Crippen molar-refractivity contribution in [3.8, 4) is 17.2 Å². The molecule has 7 heteroatoms. The largest absolute Gasteiger partial charge is 0.493 e. The van der Waals surface area contributed by atoms with E-state index in [0.29, 0.717) is 17.1 Å². The molecule has 2 aromatic carbocycles. The second-order valence-corrected chi connectivity index (χ2v) is 6.32. The number of aromatic nitrogens is 1. The van der Waals surface area contributed by atoms with Crippen LogP contribution in [0.25, 0.3) is 10.9 Å². The summed E-state index contributed by atoms with van der Waals surface area (Å²) in [6, 6.07) is 11.0. The van der Waals surface area contributed by atoms with Crippen LogP contribution in [0.4, 0.5) is 0 Å². The lowest BCUT2D eigenvalue weighted by molar-refractivity contribution is 0.0913. The molecule has 3 rings (SSSR count). The highest BCUT2D eigenvalue weighted by Gasteiger charge is 2.22. The van der Waals surface area contributed by atoms with Gasteiger partial charge in [-0.15, -0.1) is 0 Å². The SMILES string of the molecule is COc1ccc(C(=O)NC[C@H](O)c2cn(C)c3ccccc23)c(OC)c1OC. The third-order valence-corrected chi connectivity index (χ3v) is 4.69. The van der Waals surface area contributed by atoms with Crippen molar-refractivity contribution in [1.82, 2.24) is 9.88 Å². The number of hydrogen-bond acceptors (Lipinski definition) is 5. The van der Waals surface area contributed by atoms with Gasteiger partial charge in [-0.25, -0.2) is 0 Å². The molecular formula is C21H24N2O5. The quantitative estimate of drug-likeness (QED) is 0.655. The fourth-order valence-corrected chi connectivity index (χ4v) is 3.31. The van der Waals surface area contributed by atoms with Crippen molar-refractivity contribution in [3.05, 3.63) is 53.7 Å². The Bertz CT molecular complexity index is 996. The second-order valence-electron chi connectivity index (χ2n) is 6.32. The average molecular weight is 384 g/mol. The van der Waals surface area contributed by atoms with E-state index in [1.165, 1.54) is 21.3 Å². The van der Waals surface area contributed by atoms with Gasteiger partial charge in [-0.2, -0.15) is 0 Å². The molecule has 3 aromatic rings. The lowest BCUT2D eigenvalue weighted by atomic mass is 10.1. The number of benzene rings is 2. The number of methoxy groups -OCH3 is 3.